The Morgan fingerprint density at radius 1 is 1.00 bits per heavy atom. The van der Waals surface area contributed by atoms with Crippen LogP contribution in [0.25, 0.3) is 0 Å². The summed E-state index contributed by atoms with van der Waals surface area (Å²) in [7, 11) is 4.40. The zero-order valence-corrected chi connectivity index (χ0v) is 13.9. The van der Waals surface area contributed by atoms with Gasteiger partial charge in [0.25, 0.3) is 0 Å². The minimum atomic E-state index is 0. The van der Waals surface area contributed by atoms with E-state index in [0.29, 0.717) is 0 Å². The van der Waals surface area contributed by atoms with Crippen LogP contribution >= 0.6 is 0 Å². The molecule has 18 heavy (non-hydrogen) atoms. The minimum Gasteiger partial charge on any atom is -1.00 e. The second kappa shape index (κ2) is 11.7. The van der Waals surface area contributed by atoms with Crippen LogP contribution in [0.1, 0.15) is 12.5 Å². The van der Waals surface area contributed by atoms with Crippen LogP contribution < -0.4 is 21.9 Å². The number of likely N-dealkylation sites (N-methyl/N-ethyl adjacent to an activating group) is 1. The van der Waals surface area contributed by atoms with E-state index in [1.54, 1.807) is 0 Å². The van der Waals surface area contributed by atoms with E-state index in [4.69, 9.17) is 0 Å². The van der Waals surface area contributed by atoms with E-state index < -0.39 is 0 Å². The molecule has 0 aromatic heterocycles. The van der Waals surface area contributed by atoms with E-state index >= 15 is 0 Å². The Morgan fingerprint density at radius 2 is 1.39 bits per heavy atom. The van der Waals surface area contributed by atoms with Gasteiger partial charge in [-0.25, -0.2) is 12.1 Å². The molecule has 0 aliphatic carbocycles. The topological polar surface area (TPSA) is 4.44 Å². The van der Waals surface area contributed by atoms with Crippen molar-refractivity contribution in [2.75, 3.05) is 14.1 Å². The van der Waals surface area contributed by atoms with Gasteiger partial charge in [0.05, 0.1) is 20.1 Å². The van der Waals surface area contributed by atoms with Crippen LogP contribution in [0.4, 0.5) is 0 Å². The molecule has 0 fully saturated rings. The fourth-order valence-corrected chi connectivity index (χ4v) is 1.43. The Hall–Kier alpha value is -0.341. The normalized spacial score (nSPS) is 10.7. The molecule has 0 radical (unpaired) electrons. The van der Waals surface area contributed by atoms with E-state index in [1.165, 1.54) is 16.9 Å². The molecule has 1 N–H and O–H groups in total. The van der Waals surface area contributed by atoms with Gasteiger partial charge < -0.3 is 52.2 Å². The molecule has 0 bridgehead atoms. The summed E-state index contributed by atoms with van der Waals surface area (Å²) < 4.78 is 0. The monoisotopic (exact) mass is 351 g/mol. The molecule has 2 rings (SSSR count). The van der Waals surface area contributed by atoms with Crippen LogP contribution in [-0.2, 0) is 23.5 Å². The molecule has 3 heteroatoms. The second-order valence-electron chi connectivity index (χ2n) is 4.44. The summed E-state index contributed by atoms with van der Waals surface area (Å²) in [5.74, 6) is 0. The van der Waals surface area contributed by atoms with Gasteiger partial charge in [0, 0.05) is 17.1 Å². The Labute approximate surface area is 132 Å². The summed E-state index contributed by atoms with van der Waals surface area (Å²) in [6, 6.07) is 19.3. The fourth-order valence-electron chi connectivity index (χ4n) is 1.43. The van der Waals surface area contributed by atoms with E-state index in [0.717, 1.165) is 6.04 Å². The maximum absolute atomic E-state index is 2.28. The molecule has 0 saturated carbocycles. The molecule has 0 saturated heterocycles. The predicted octanol–water partition coefficient (Wildman–Crippen LogP) is -1.11. The van der Waals surface area contributed by atoms with E-state index in [9.17, 15) is 0 Å². The molecule has 0 aliphatic heterocycles. The Kier molecular flexibility index (Phi) is 13.0. The zero-order valence-electron chi connectivity index (χ0n) is 11.2. The molecule has 1 atom stereocenters. The van der Waals surface area contributed by atoms with Crippen LogP contribution in [0.5, 0.6) is 0 Å². The second-order valence-corrected chi connectivity index (χ2v) is 4.44. The number of hydrogen-bond donors (Lipinski definition) is 1. The van der Waals surface area contributed by atoms with Crippen molar-refractivity contribution in [3.8, 4) is 0 Å². The minimum absolute atomic E-state index is 0. The van der Waals surface area contributed by atoms with Crippen molar-refractivity contribution in [3.63, 3.8) is 0 Å². The molecule has 0 amide bonds. The number of nitrogens with one attached hydrogen (secondary N) is 1. The first-order chi connectivity index (χ1) is 7.70. The van der Waals surface area contributed by atoms with Gasteiger partial charge in [0.2, 0.25) is 0 Å². The van der Waals surface area contributed by atoms with E-state index in [-0.39, 0.29) is 34.1 Å². The summed E-state index contributed by atoms with van der Waals surface area (Å²) in [5.41, 5.74) is 1.46. The van der Waals surface area contributed by atoms with E-state index in [1.807, 2.05) is 30.3 Å². The van der Waals surface area contributed by atoms with Gasteiger partial charge in [-0.2, -0.15) is 17.7 Å². The first-order valence-corrected chi connectivity index (χ1v) is 5.87. The van der Waals surface area contributed by atoms with Crippen molar-refractivity contribution in [2.45, 2.75) is 19.4 Å². The average Bonchev–Trinajstić information content (AvgIpc) is 2.92. The number of rotatable bonds is 3. The van der Waals surface area contributed by atoms with Crippen molar-refractivity contribution in [1.82, 2.24) is 0 Å². The van der Waals surface area contributed by atoms with Crippen LogP contribution in [0.2, 0.25) is 0 Å². The smallest absolute Gasteiger partial charge is 0.0777 e. The van der Waals surface area contributed by atoms with Gasteiger partial charge in [0.1, 0.15) is 0 Å². The maximum atomic E-state index is 2.28. The predicted molar refractivity (Wildman–Crippen MR) is 70.0 cm³/mol. The van der Waals surface area contributed by atoms with Crippen LogP contribution in [0.15, 0.2) is 54.6 Å². The van der Waals surface area contributed by atoms with Crippen LogP contribution in [0.3, 0.4) is 0 Å². The summed E-state index contributed by atoms with van der Waals surface area (Å²) in [6.07, 6.45) is 1.19. The van der Waals surface area contributed by atoms with Gasteiger partial charge in [-0.1, -0.05) is 0 Å². The van der Waals surface area contributed by atoms with Crippen molar-refractivity contribution in [1.29, 1.82) is 0 Å². The van der Waals surface area contributed by atoms with Gasteiger partial charge in [-0.15, -0.1) is 0 Å². The molecule has 108 valence electrons. The summed E-state index contributed by atoms with van der Waals surface area (Å²) in [4.78, 5) is 1.52. The molecular weight excluding hydrogens is 330 g/mol. The number of halogens is 1. The first kappa shape index (κ1) is 20.0. The van der Waals surface area contributed by atoms with Crippen molar-refractivity contribution < 1.29 is 39.0 Å². The largest absolute Gasteiger partial charge is 1.00 e. The molecule has 0 spiro atoms. The van der Waals surface area contributed by atoms with Crippen LogP contribution in [0, 0.1) is 0 Å². The summed E-state index contributed by atoms with van der Waals surface area (Å²) in [6.45, 7) is 2.28. The molecule has 1 unspecified atom stereocenters. The summed E-state index contributed by atoms with van der Waals surface area (Å²) >= 11 is 0. The van der Waals surface area contributed by atoms with Gasteiger partial charge >= 0.3 is 0 Å². The molecule has 2 aromatic rings. The SMILES string of the molecule is CC(C[c-]1cccc1)[NH+](C)C.[Br-].[Fe].[cH-]1[cH-][cH-][cH-][cH-]1. The number of hydrogen-bond acceptors (Lipinski definition) is 0. The molecule has 2 aromatic carbocycles. The first-order valence-electron chi connectivity index (χ1n) is 5.87. The van der Waals surface area contributed by atoms with Gasteiger partial charge in [0.15, 0.2) is 0 Å². The molecule has 1 nitrogen and oxygen atoms in total. The maximum Gasteiger partial charge on any atom is 0.0777 e. The standard InChI is InChI=1S/C10H16N.C5H5.BrH.Fe/c1-9(11(2)3)8-10-6-4-5-7-10;1-2-4-5-3-1;;/h4-7,9H,8H2,1-3H3;1-5H;1H;/q-1;-5;;. The average molecular weight is 352 g/mol. The van der Waals surface area contributed by atoms with E-state index in [2.05, 4.69) is 45.3 Å². The Bertz CT molecular complexity index is 323. The summed E-state index contributed by atoms with van der Waals surface area (Å²) in [5, 5.41) is 0. The zero-order chi connectivity index (χ0) is 11.8. The fraction of sp³-hybridized carbons (Fsp3) is 0.333. The van der Waals surface area contributed by atoms with Crippen molar-refractivity contribution in [3.05, 3.63) is 60.2 Å². The third-order valence-corrected chi connectivity index (χ3v) is 2.81. The molecule has 0 heterocycles. The van der Waals surface area contributed by atoms with Gasteiger partial charge in [-0.3, -0.25) is 0 Å². The molecular formula is C15H22BrFeN-6. The Balaban J connectivity index is 0. The van der Waals surface area contributed by atoms with Crippen molar-refractivity contribution in [2.24, 2.45) is 0 Å². The van der Waals surface area contributed by atoms with Crippen molar-refractivity contribution >= 4 is 0 Å². The molecule has 0 aliphatic rings. The Morgan fingerprint density at radius 3 is 1.72 bits per heavy atom. The van der Waals surface area contributed by atoms with Gasteiger partial charge in [-0.05, 0) is 13.3 Å². The quantitative estimate of drug-likeness (QED) is 0.528. The van der Waals surface area contributed by atoms with Crippen LogP contribution in [-0.4, -0.2) is 20.1 Å². The number of quaternary nitrogens is 1. The third kappa shape index (κ3) is 8.71. The third-order valence-electron chi connectivity index (χ3n) is 2.81.